The molecule has 1 aromatic heterocycles. The maximum absolute atomic E-state index is 13.9. The molecule has 6 nitrogen and oxygen atoms in total. The predicted octanol–water partition coefficient (Wildman–Crippen LogP) is 2.39. The Bertz CT molecular complexity index is 716. The molecule has 0 amide bonds. The average molecular weight is 320 g/mol. The van der Waals surface area contributed by atoms with Gasteiger partial charge in [-0.1, -0.05) is 23.4 Å². The van der Waals surface area contributed by atoms with Crippen LogP contribution < -0.4 is 0 Å². The largest absolute Gasteiger partial charge is 0.477 e. The summed E-state index contributed by atoms with van der Waals surface area (Å²) in [7, 11) is 0. The number of nitrogens with zero attached hydrogens (tertiary/aromatic N) is 2. The Hall–Kier alpha value is -2.25. The summed E-state index contributed by atoms with van der Waals surface area (Å²) in [4.78, 5) is 13.3. The summed E-state index contributed by atoms with van der Waals surface area (Å²) in [6.45, 7) is 3.43. The van der Waals surface area contributed by atoms with Crippen LogP contribution in [0.2, 0.25) is 0 Å². The second-order valence-electron chi connectivity index (χ2n) is 5.48. The van der Waals surface area contributed by atoms with Gasteiger partial charge in [0.25, 0.3) is 0 Å². The number of rotatable bonds is 4. The Morgan fingerprint density at radius 1 is 1.48 bits per heavy atom. The first-order valence-electron chi connectivity index (χ1n) is 7.33. The highest BCUT2D eigenvalue weighted by Gasteiger charge is 2.27. The SMILES string of the molecule is Cc1onc(CN2CCOC(c3ccccc3F)C2)c1C(=O)O. The van der Waals surface area contributed by atoms with Crippen molar-refractivity contribution in [3.8, 4) is 0 Å². The van der Waals surface area contributed by atoms with Crippen molar-refractivity contribution >= 4 is 5.97 Å². The van der Waals surface area contributed by atoms with Gasteiger partial charge in [0.2, 0.25) is 0 Å². The van der Waals surface area contributed by atoms with Crippen molar-refractivity contribution in [3.05, 3.63) is 52.7 Å². The van der Waals surface area contributed by atoms with E-state index in [4.69, 9.17) is 9.26 Å². The lowest BCUT2D eigenvalue weighted by Crippen LogP contribution is -2.38. The minimum atomic E-state index is -1.06. The normalized spacial score (nSPS) is 19.0. The van der Waals surface area contributed by atoms with Gasteiger partial charge in [-0.05, 0) is 13.0 Å². The van der Waals surface area contributed by atoms with Crippen LogP contribution in [0.4, 0.5) is 4.39 Å². The Labute approximate surface area is 132 Å². The summed E-state index contributed by atoms with van der Waals surface area (Å²) in [5.74, 6) is -1.08. The molecule has 1 N–H and O–H groups in total. The summed E-state index contributed by atoms with van der Waals surface area (Å²) >= 11 is 0. The van der Waals surface area contributed by atoms with Crippen LogP contribution in [0.1, 0.15) is 33.5 Å². The maximum Gasteiger partial charge on any atom is 0.341 e. The minimum absolute atomic E-state index is 0.0962. The highest BCUT2D eigenvalue weighted by Crippen LogP contribution is 2.26. The van der Waals surface area contributed by atoms with Gasteiger partial charge in [0, 0.05) is 25.2 Å². The fraction of sp³-hybridized carbons (Fsp3) is 0.375. The number of benzene rings is 1. The predicted molar refractivity (Wildman–Crippen MR) is 78.6 cm³/mol. The van der Waals surface area contributed by atoms with Gasteiger partial charge in [-0.2, -0.15) is 0 Å². The number of aromatic nitrogens is 1. The molecule has 2 aromatic rings. The van der Waals surface area contributed by atoms with Gasteiger partial charge >= 0.3 is 5.97 Å². The average Bonchev–Trinajstić information content (AvgIpc) is 2.89. The molecule has 1 aliphatic rings. The van der Waals surface area contributed by atoms with E-state index in [1.807, 2.05) is 4.90 Å². The Morgan fingerprint density at radius 3 is 3.00 bits per heavy atom. The molecule has 1 saturated heterocycles. The van der Waals surface area contributed by atoms with Gasteiger partial charge in [-0.3, -0.25) is 4.90 Å². The van der Waals surface area contributed by atoms with E-state index in [-0.39, 0.29) is 23.2 Å². The summed E-state index contributed by atoms with van der Waals surface area (Å²) in [6, 6.07) is 6.51. The zero-order chi connectivity index (χ0) is 16.4. The fourth-order valence-corrected chi connectivity index (χ4v) is 2.78. The number of morpholine rings is 1. The van der Waals surface area contributed by atoms with Crippen molar-refractivity contribution in [2.24, 2.45) is 0 Å². The molecule has 1 unspecified atom stereocenters. The summed E-state index contributed by atoms with van der Waals surface area (Å²) in [5, 5.41) is 13.1. The molecule has 3 rings (SSSR count). The monoisotopic (exact) mass is 320 g/mol. The second kappa shape index (κ2) is 6.47. The van der Waals surface area contributed by atoms with E-state index in [1.165, 1.54) is 6.07 Å². The van der Waals surface area contributed by atoms with Crippen LogP contribution in [0.15, 0.2) is 28.8 Å². The second-order valence-corrected chi connectivity index (χ2v) is 5.48. The lowest BCUT2D eigenvalue weighted by Gasteiger charge is -2.32. The number of halogens is 1. The van der Waals surface area contributed by atoms with E-state index < -0.39 is 5.97 Å². The number of aromatic carboxylic acids is 1. The molecule has 7 heteroatoms. The molecule has 122 valence electrons. The summed E-state index contributed by atoms with van der Waals surface area (Å²) in [5.41, 5.74) is 0.982. The fourth-order valence-electron chi connectivity index (χ4n) is 2.78. The number of ether oxygens (including phenoxy) is 1. The lowest BCUT2D eigenvalue weighted by atomic mass is 10.1. The van der Waals surface area contributed by atoms with Gasteiger partial charge < -0.3 is 14.4 Å². The van der Waals surface area contributed by atoms with Crippen molar-refractivity contribution in [2.45, 2.75) is 19.6 Å². The molecule has 0 aliphatic carbocycles. The van der Waals surface area contributed by atoms with Gasteiger partial charge in [-0.25, -0.2) is 9.18 Å². The molecule has 23 heavy (non-hydrogen) atoms. The first-order valence-corrected chi connectivity index (χ1v) is 7.33. The first-order chi connectivity index (χ1) is 11.1. The molecule has 0 bridgehead atoms. The van der Waals surface area contributed by atoms with Crippen molar-refractivity contribution in [1.29, 1.82) is 0 Å². The van der Waals surface area contributed by atoms with Crippen LogP contribution >= 0.6 is 0 Å². The van der Waals surface area contributed by atoms with Crippen LogP contribution in [0.5, 0.6) is 0 Å². The van der Waals surface area contributed by atoms with Gasteiger partial charge in [-0.15, -0.1) is 0 Å². The van der Waals surface area contributed by atoms with Crippen LogP contribution in [0.3, 0.4) is 0 Å². The first kappa shape index (κ1) is 15.6. The Kier molecular flexibility index (Phi) is 4.40. The maximum atomic E-state index is 13.9. The molecule has 1 aliphatic heterocycles. The van der Waals surface area contributed by atoms with Crippen LogP contribution in [0.25, 0.3) is 0 Å². The number of hydrogen-bond acceptors (Lipinski definition) is 5. The number of hydrogen-bond donors (Lipinski definition) is 1. The smallest absolute Gasteiger partial charge is 0.341 e. The molecule has 1 fully saturated rings. The van der Waals surface area contributed by atoms with E-state index >= 15 is 0 Å². The van der Waals surface area contributed by atoms with Crippen LogP contribution in [-0.2, 0) is 11.3 Å². The molecule has 2 heterocycles. The topological polar surface area (TPSA) is 75.8 Å². The molecular formula is C16H17FN2O4. The van der Waals surface area contributed by atoms with E-state index in [2.05, 4.69) is 5.16 Å². The zero-order valence-corrected chi connectivity index (χ0v) is 12.7. The zero-order valence-electron chi connectivity index (χ0n) is 12.7. The number of aryl methyl sites for hydroxylation is 1. The van der Waals surface area contributed by atoms with E-state index in [0.717, 1.165) is 0 Å². The highest BCUT2D eigenvalue weighted by atomic mass is 19.1. The highest BCUT2D eigenvalue weighted by molar-refractivity contribution is 5.89. The standard InChI is InChI=1S/C16H17FN2O4/c1-10-15(16(20)21)13(18-23-10)8-19-6-7-22-14(9-19)11-4-2-3-5-12(11)17/h2-5,14H,6-9H2,1H3,(H,20,21). The number of carbonyl (C=O) groups is 1. The van der Waals surface area contributed by atoms with Crippen molar-refractivity contribution in [2.75, 3.05) is 19.7 Å². The lowest BCUT2D eigenvalue weighted by molar-refractivity contribution is -0.0351. The van der Waals surface area contributed by atoms with Gasteiger partial charge in [0.15, 0.2) is 0 Å². The Balaban J connectivity index is 1.75. The van der Waals surface area contributed by atoms with Gasteiger partial charge in [0.1, 0.15) is 22.8 Å². The van der Waals surface area contributed by atoms with Crippen molar-refractivity contribution in [1.82, 2.24) is 10.1 Å². The third-order valence-electron chi connectivity index (χ3n) is 3.92. The summed E-state index contributed by atoms with van der Waals surface area (Å²) in [6.07, 6.45) is -0.383. The molecule has 1 aromatic carbocycles. The number of carboxylic acids is 1. The number of carboxylic acid groups (broad SMARTS) is 1. The summed E-state index contributed by atoms with van der Waals surface area (Å²) < 4.78 is 24.5. The Morgan fingerprint density at radius 2 is 2.26 bits per heavy atom. The van der Waals surface area contributed by atoms with E-state index in [9.17, 15) is 14.3 Å². The van der Waals surface area contributed by atoms with Crippen LogP contribution in [-0.4, -0.2) is 40.8 Å². The van der Waals surface area contributed by atoms with E-state index in [1.54, 1.807) is 25.1 Å². The van der Waals surface area contributed by atoms with Crippen LogP contribution in [0, 0.1) is 12.7 Å². The third-order valence-corrected chi connectivity index (χ3v) is 3.92. The molecule has 0 radical (unpaired) electrons. The van der Waals surface area contributed by atoms with Gasteiger partial charge in [0.05, 0.1) is 12.7 Å². The quantitative estimate of drug-likeness (QED) is 0.932. The molecular weight excluding hydrogens is 303 g/mol. The minimum Gasteiger partial charge on any atom is -0.477 e. The van der Waals surface area contributed by atoms with Crippen molar-refractivity contribution in [3.63, 3.8) is 0 Å². The molecule has 1 atom stereocenters. The molecule has 0 saturated carbocycles. The van der Waals surface area contributed by atoms with Crippen molar-refractivity contribution < 1.29 is 23.6 Å². The third kappa shape index (κ3) is 3.25. The molecule has 0 spiro atoms. The van der Waals surface area contributed by atoms with E-state index in [0.29, 0.717) is 37.5 Å².